The molecule has 2 aliphatic rings. The zero-order valence-electron chi connectivity index (χ0n) is 10.8. The molecule has 1 aromatic rings. The molecule has 6 heteroatoms. The first kappa shape index (κ1) is 13.7. The summed E-state index contributed by atoms with van der Waals surface area (Å²) in [5.74, 6) is -0.193. The molecule has 0 spiro atoms. The number of anilines is 1. The number of carbonyl (C=O) groups is 2. The normalized spacial score (nSPS) is 23.0. The molecule has 2 heterocycles. The molecular weight excluding hydrogens is 299 g/mol. The number of urea groups is 1. The van der Waals surface area contributed by atoms with Crippen LogP contribution in [0.5, 0.6) is 0 Å². The molecule has 1 unspecified atom stereocenters. The van der Waals surface area contributed by atoms with Crippen LogP contribution in [0.4, 0.5) is 10.5 Å². The van der Waals surface area contributed by atoms with Gasteiger partial charge in [-0.15, -0.1) is 0 Å². The van der Waals surface area contributed by atoms with E-state index in [1.165, 1.54) is 4.90 Å². The van der Waals surface area contributed by atoms with Crippen LogP contribution in [0, 0.1) is 0 Å². The van der Waals surface area contributed by atoms with E-state index in [0.29, 0.717) is 22.3 Å². The van der Waals surface area contributed by atoms with Crippen LogP contribution in [0.25, 0.3) is 0 Å². The third-order valence-corrected chi connectivity index (χ3v) is 4.40. The predicted molar refractivity (Wildman–Crippen MR) is 78.3 cm³/mol. The van der Waals surface area contributed by atoms with Crippen LogP contribution in [-0.4, -0.2) is 29.4 Å². The molecule has 1 aromatic carbocycles. The van der Waals surface area contributed by atoms with Gasteiger partial charge in [0.25, 0.3) is 5.91 Å². The first-order valence-corrected chi connectivity index (χ1v) is 7.45. The summed E-state index contributed by atoms with van der Waals surface area (Å²) < 4.78 is 0. The van der Waals surface area contributed by atoms with E-state index < -0.39 is 0 Å². The molecule has 20 heavy (non-hydrogen) atoms. The summed E-state index contributed by atoms with van der Waals surface area (Å²) in [5.41, 5.74) is 0.377. The molecule has 0 saturated carbocycles. The largest absolute Gasteiger partial charge is 0.332 e. The number of benzene rings is 1. The van der Waals surface area contributed by atoms with Gasteiger partial charge in [0.15, 0.2) is 0 Å². The number of halogens is 2. The zero-order valence-corrected chi connectivity index (χ0v) is 12.3. The van der Waals surface area contributed by atoms with Crippen molar-refractivity contribution in [2.24, 2.45) is 0 Å². The van der Waals surface area contributed by atoms with Gasteiger partial charge in [0.2, 0.25) is 0 Å². The molecule has 2 aliphatic heterocycles. The summed E-state index contributed by atoms with van der Waals surface area (Å²) in [7, 11) is 0. The molecule has 1 atom stereocenters. The van der Waals surface area contributed by atoms with E-state index in [1.54, 1.807) is 23.1 Å². The molecule has 0 radical (unpaired) electrons. The molecule has 0 bridgehead atoms. The van der Waals surface area contributed by atoms with Gasteiger partial charge in [-0.25, -0.2) is 9.69 Å². The van der Waals surface area contributed by atoms with Crippen molar-refractivity contribution in [2.75, 3.05) is 11.4 Å². The Morgan fingerprint density at radius 2 is 1.90 bits per heavy atom. The van der Waals surface area contributed by atoms with Crippen molar-refractivity contribution in [3.8, 4) is 0 Å². The standard InChI is InChI=1S/C14H14Cl2N2O2/c15-9-5-6-10(16)12(8-9)18-13(19)11-4-2-1-3-7-17(11)14(18)20/h5-6,8,11H,1-4,7H2. The Labute approximate surface area is 127 Å². The van der Waals surface area contributed by atoms with Crippen LogP contribution in [-0.2, 0) is 4.79 Å². The molecular formula is C14H14Cl2N2O2. The van der Waals surface area contributed by atoms with Crippen molar-refractivity contribution in [3.05, 3.63) is 28.2 Å². The molecule has 2 fully saturated rings. The van der Waals surface area contributed by atoms with Gasteiger partial charge < -0.3 is 4.90 Å². The van der Waals surface area contributed by atoms with Gasteiger partial charge in [0.1, 0.15) is 6.04 Å². The van der Waals surface area contributed by atoms with Gasteiger partial charge in [-0.05, 0) is 31.0 Å². The monoisotopic (exact) mass is 312 g/mol. The highest BCUT2D eigenvalue weighted by Crippen LogP contribution is 2.35. The third kappa shape index (κ3) is 2.17. The van der Waals surface area contributed by atoms with Gasteiger partial charge in [-0.2, -0.15) is 0 Å². The fraction of sp³-hybridized carbons (Fsp3) is 0.429. The highest BCUT2D eigenvalue weighted by atomic mass is 35.5. The smallest absolute Gasteiger partial charge is 0.312 e. The third-order valence-electron chi connectivity index (χ3n) is 3.84. The van der Waals surface area contributed by atoms with Crippen LogP contribution in [0.15, 0.2) is 18.2 Å². The van der Waals surface area contributed by atoms with Crippen molar-refractivity contribution in [2.45, 2.75) is 31.7 Å². The summed E-state index contributed by atoms with van der Waals surface area (Å²) in [5, 5.41) is 0.806. The van der Waals surface area contributed by atoms with Crippen molar-refractivity contribution in [3.63, 3.8) is 0 Å². The van der Waals surface area contributed by atoms with Crippen LogP contribution in [0.1, 0.15) is 25.7 Å². The van der Waals surface area contributed by atoms with E-state index in [4.69, 9.17) is 23.2 Å². The lowest BCUT2D eigenvalue weighted by atomic mass is 10.1. The highest BCUT2D eigenvalue weighted by molar-refractivity contribution is 6.37. The molecule has 3 amide bonds. The molecule has 106 valence electrons. The Kier molecular flexibility index (Phi) is 3.61. The number of amides is 3. The summed E-state index contributed by atoms with van der Waals surface area (Å²) in [6, 6.07) is 4.16. The van der Waals surface area contributed by atoms with Crippen LogP contribution in [0.2, 0.25) is 10.0 Å². The molecule has 0 aliphatic carbocycles. The maximum Gasteiger partial charge on any atom is 0.332 e. The number of hydrogen-bond donors (Lipinski definition) is 0. The number of nitrogens with zero attached hydrogens (tertiary/aromatic N) is 2. The van der Waals surface area contributed by atoms with E-state index >= 15 is 0 Å². The van der Waals surface area contributed by atoms with Gasteiger partial charge in [-0.1, -0.05) is 36.0 Å². The number of imide groups is 1. The van der Waals surface area contributed by atoms with Gasteiger partial charge >= 0.3 is 6.03 Å². The van der Waals surface area contributed by atoms with Crippen LogP contribution < -0.4 is 4.90 Å². The Balaban J connectivity index is 2.00. The zero-order chi connectivity index (χ0) is 14.3. The number of rotatable bonds is 1. The second-order valence-electron chi connectivity index (χ2n) is 5.11. The Hall–Kier alpha value is -1.26. The predicted octanol–water partition coefficient (Wildman–Crippen LogP) is 3.70. The summed E-state index contributed by atoms with van der Waals surface area (Å²) in [4.78, 5) is 27.9. The lowest BCUT2D eigenvalue weighted by molar-refractivity contribution is -0.119. The van der Waals surface area contributed by atoms with E-state index in [2.05, 4.69) is 0 Å². The minimum Gasteiger partial charge on any atom is -0.312 e. The van der Waals surface area contributed by atoms with Gasteiger partial charge in [0.05, 0.1) is 10.7 Å². The summed E-state index contributed by atoms with van der Waals surface area (Å²) in [6.45, 7) is 0.629. The highest BCUT2D eigenvalue weighted by Gasteiger charge is 2.46. The van der Waals surface area contributed by atoms with Crippen molar-refractivity contribution in [1.82, 2.24) is 4.90 Å². The fourth-order valence-corrected chi connectivity index (χ4v) is 3.21. The van der Waals surface area contributed by atoms with E-state index in [1.807, 2.05) is 0 Å². The second-order valence-corrected chi connectivity index (χ2v) is 5.95. The topological polar surface area (TPSA) is 40.6 Å². The van der Waals surface area contributed by atoms with Crippen LogP contribution in [0.3, 0.4) is 0 Å². The van der Waals surface area contributed by atoms with Gasteiger partial charge in [-0.3, -0.25) is 4.79 Å². The fourth-order valence-electron chi connectivity index (χ4n) is 2.84. The van der Waals surface area contributed by atoms with E-state index in [0.717, 1.165) is 25.7 Å². The van der Waals surface area contributed by atoms with E-state index in [-0.39, 0.29) is 18.0 Å². The molecule has 4 nitrogen and oxygen atoms in total. The number of carbonyl (C=O) groups excluding carboxylic acids is 2. The van der Waals surface area contributed by atoms with Gasteiger partial charge in [0, 0.05) is 11.6 Å². The Morgan fingerprint density at radius 1 is 1.10 bits per heavy atom. The summed E-state index contributed by atoms with van der Waals surface area (Å²) in [6.07, 6.45) is 3.69. The average Bonchev–Trinajstić information content (AvgIpc) is 2.62. The Morgan fingerprint density at radius 3 is 2.70 bits per heavy atom. The number of hydrogen-bond acceptors (Lipinski definition) is 2. The molecule has 3 rings (SSSR count). The molecule has 0 N–H and O–H groups in total. The maximum absolute atomic E-state index is 12.5. The SMILES string of the molecule is O=C1C2CCCCCN2C(=O)N1c1cc(Cl)ccc1Cl. The molecule has 2 saturated heterocycles. The number of fused-ring (bicyclic) bond motifs is 1. The minimum absolute atomic E-state index is 0.193. The first-order valence-electron chi connectivity index (χ1n) is 6.69. The lowest BCUT2D eigenvalue weighted by Gasteiger charge is -2.18. The Bertz CT molecular complexity index is 552. The molecule has 0 aromatic heterocycles. The maximum atomic E-state index is 12.5. The summed E-state index contributed by atoms with van der Waals surface area (Å²) >= 11 is 12.1. The second kappa shape index (κ2) is 5.26. The van der Waals surface area contributed by atoms with Crippen molar-refractivity contribution < 1.29 is 9.59 Å². The van der Waals surface area contributed by atoms with Crippen molar-refractivity contribution >= 4 is 40.8 Å². The quantitative estimate of drug-likeness (QED) is 0.742. The lowest BCUT2D eigenvalue weighted by Crippen LogP contribution is -2.34. The average molecular weight is 313 g/mol. The first-order chi connectivity index (χ1) is 9.59. The van der Waals surface area contributed by atoms with Crippen molar-refractivity contribution in [1.29, 1.82) is 0 Å². The van der Waals surface area contributed by atoms with Crippen LogP contribution >= 0.6 is 23.2 Å². The van der Waals surface area contributed by atoms with E-state index in [9.17, 15) is 9.59 Å². The minimum atomic E-state index is -0.347.